The van der Waals surface area contributed by atoms with Gasteiger partial charge in [0.15, 0.2) is 0 Å². The van der Waals surface area contributed by atoms with Gasteiger partial charge in [-0.1, -0.05) is 6.92 Å². The van der Waals surface area contributed by atoms with E-state index in [1.54, 1.807) is 7.11 Å². The third-order valence-electron chi connectivity index (χ3n) is 3.94. The van der Waals surface area contributed by atoms with Crippen molar-refractivity contribution in [2.45, 2.75) is 53.1 Å². The number of nitrogens with zero attached hydrogens (tertiary/aromatic N) is 2. The van der Waals surface area contributed by atoms with E-state index in [0.717, 1.165) is 42.1 Å². The van der Waals surface area contributed by atoms with Gasteiger partial charge in [-0.3, -0.25) is 9.88 Å². The van der Waals surface area contributed by atoms with Gasteiger partial charge in [0.25, 0.3) is 0 Å². The van der Waals surface area contributed by atoms with E-state index in [4.69, 9.17) is 10.5 Å². The van der Waals surface area contributed by atoms with Gasteiger partial charge in [-0.25, -0.2) is 0 Å². The summed E-state index contributed by atoms with van der Waals surface area (Å²) in [5, 5.41) is 0. The van der Waals surface area contributed by atoms with Gasteiger partial charge in [-0.05, 0) is 40.7 Å². The van der Waals surface area contributed by atoms with Gasteiger partial charge in [0.1, 0.15) is 5.75 Å². The van der Waals surface area contributed by atoms with Crippen LogP contribution in [0.2, 0.25) is 0 Å². The number of methoxy groups -OCH3 is 1. The van der Waals surface area contributed by atoms with Crippen LogP contribution in [-0.2, 0) is 6.54 Å². The Morgan fingerprint density at radius 1 is 1.35 bits per heavy atom. The van der Waals surface area contributed by atoms with Gasteiger partial charge in [0, 0.05) is 36.0 Å². The SMILES string of the molecule is CCCN(Cc1ncc(C)c(OC)c1C)C(C)(C)CN. The second-order valence-electron chi connectivity index (χ2n) is 5.98. The first kappa shape index (κ1) is 16.9. The lowest BCUT2D eigenvalue weighted by atomic mass is 10.0. The topological polar surface area (TPSA) is 51.4 Å². The number of hydrogen-bond donors (Lipinski definition) is 1. The lowest BCUT2D eigenvalue weighted by molar-refractivity contribution is 0.116. The second kappa shape index (κ2) is 7.04. The predicted octanol–water partition coefficient (Wildman–Crippen LogP) is 2.66. The van der Waals surface area contributed by atoms with E-state index in [2.05, 4.69) is 37.6 Å². The number of ether oxygens (including phenoxy) is 1. The van der Waals surface area contributed by atoms with Gasteiger partial charge in [0.05, 0.1) is 12.8 Å². The molecule has 1 heterocycles. The fraction of sp³-hybridized carbons (Fsp3) is 0.688. The van der Waals surface area contributed by atoms with Crippen molar-refractivity contribution in [2.75, 3.05) is 20.2 Å². The third kappa shape index (κ3) is 3.70. The quantitative estimate of drug-likeness (QED) is 0.833. The minimum atomic E-state index is -0.0255. The van der Waals surface area contributed by atoms with Crippen LogP contribution < -0.4 is 10.5 Å². The first-order chi connectivity index (χ1) is 9.37. The van der Waals surface area contributed by atoms with E-state index in [1.807, 2.05) is 13.1 Å². The number of aromatic nitrogens is 1. The van der Waals surface area contributed by atoms with Crippen LogP contribution in [0.1, 0.15) is 44.0 Å². The molecule has 0 saturated heterocycles. The Labute approximate surface area is 123 Å². The molecular formula is C16H29N3O. The monoisotopic (exact) mass is 279 g/mol. The van der Waals surface area contributed by atoms with Gasteiger partial charge in [-0.15, -0.1) is 0 Å². The third-order valence-corrected chi connectivity index (χ3v) is 3.94. The Hall–Kier alpha value is -1.13. The summed E-state index contributed by atoms with van der Waals surface area (Å²) in [7, 11) is 1.72. The molecule has 1 rings (SSSR count). The predicted molar refractivity (Wildman–Crippen MR) is 84.1 cm³/mol. The summed E-state index contributed by atoms with van der Waals surface area (Å²) in [6.07, 6.45) is 2.99. The second-order valence-corrected chi connectivity index (χ2v) is 5.98. The molecule has 0 aliphatic rings. The summed E-state index contributed by atoms with van der Waals surface area (Å²) >= 11 is 0. The summed E-state index contributed by atoms with van der Waals surface area (Å²) in [5.41, 5.74) is 9.17. The van der Waals surface area contributed by atoms with Crippen molar-refractivity contribution in [1.82, 2.24) is 9.88 Å². The van der Waals surface area contributed by atoms with Crippen molar-refractivity contribution < 1.29 is 4.74 Å². The molecule has 20 heavy (non-hydrogen) atoms. The minimum Gasteiger partial charge on any atom is -0.496 e. The molecule has 2 N–H and O–H groups in total. The number of pyridine rings is 1. The van der Waals surface area contributed by atoms with Crippen molar-refractivity contribution in [3.05, 3.63) is 23.0 Å². The molecule has 0 aromatic carbocycles. The average Bonchev–Trinajstić information content (AvgIpc) is 2.41. The highest BCUT2D eigenvalue weighted by Crippen LogP contribution is 2.26. The maximum atomic E-state index is 5.92. The summed E-state index contributed by atoms with van der Waals surface area (Å²) in [5.74, 6) is 0.942. The van der Waals surface area contributed by atoms with E-state index < -0.39 is 0 Å². The molecule has 0 radical (unpaired) electrons. The molecule has 0 saturated carbocycles. The van der Waals surface area contributed by atoms with Gasteiger partial charge in [0.2, 0.25) is 0 Å². The highest BCUT2D eigenvalue weighted by Gasteiger charge is 2.25. The van der Waals surface area contributed by atoms with Gasteiger partial charge in [-0.2, -0.15) is 0 Å². The van der Waals surface area contributed by atoms with E-state index in [1.165, 1.54) is 0 Å². The number of nitrogens with two attached hydrogens (primary N) is 1. The van der Waals surface area contributed by atoms with E-state index in [0.29, 0.717) is 6.54 Å². The molecule has 4 heteroatoms. The first-order valence-electron chi connectivity index (χ1n) is 7.31. The molecule has 0 bridgehead atoms. The van der Waals surface area contributed by atoms with Crippen LogP contribution >= 0.6 is 0 Å². The molecule has 1 aromatic heterocycles. The van der Waals surface area contributed by atoms with Crippen LogP contribution in [0.3, 0.4) is 0 Å². The number of aryl methyl sites for hydroxylation is 1. The summed E-state index contributed by atoms with van der Waals surface area (Å²) in [4.78, 5) is 6.99. The maximum Gasteiger partial charge on any atom is 0.128 e. The van der Waals surface area contributed by atoms with Crippen LogP contribution in [0.25, 0.3) is 0 Å². The maximum absolute atomic E-state index is 5.92. The molecule has 0 spiro atoms. The lowest BCUT2D eigenvalue weighted by Gasteiger charge is -2.37. The number of hydrogen-bond acceptors (Lipinski definition) is 4. The van der Waals surface area contributed by atoms with Gasteiger partial charge >= 0.3 is 0 Å². The van der Waals surface area contributed by atoms with Crippen molar-refractivity contribution >= 4 is 0 Å². The zero-order valence-corrected chi connectivity index (χ0v) is 13.8. The molecule has 0 amide bonds. The molecule has 1 aromatic rings. The normalized spacial score (nSPS) is 12.0. The highest BCUT2D eigenvalue weighted by atomic mass is 16.5. The minimum absolute atomic E-state index is 0.0255. The zero-order valence-electron chi connectivity index (χ0n) is 13.8. The largest absolute Gasteiger partial charge is 0.496 e. The van der Waals surface area contributed by atoms with Crippen LogP contribution in [0.5, 0.6) is 5.75 Å². The van der Waals surface area contributed by atoms with Crippen molar-refractivity contribution in [1.29, 1.82) is 0 Å². The van der Waals surface area contributed by atoms with Crippen LogP contribution in [-0.4, -0.2) is 35.6 Å². The van der Waals surface area contributed by atoms with Gasteiger partial charge < -0.3 is 10.5 Å². The van der Waals surface area contributed by atoms with Crippen molar-refractivity contribution in [3.8, 4) is 5.75 Å². The molecule has 0 unspecified atom stereocenters. The van der Waals surface area contributed by atoms with Crippen LogP contribution in [0.15, 0.2) is 6.20 Å². The Kier molecular flexibility index (Phi) is 5.96. The Morgan fingerprint density at radius 2 is 2.00 bits per heavy atom. The zero-order chi connectivity index (χ0) is 15.3. The average molecular weight is 279 g/mol. The molecule has 0 fully saturated rings. The van der Waals surface area contributed by atoms with E-state index in [-0.39, 0.29) is 5.54 Å². The Morgan fingerprint density at radius 3 is 2.50 bits per heavy atom. The molecule has 0 atom stereocenters. The molecule has 114 valence electrons. The van der Waals surface area contributed by atoms with E-state index >= 15 is 0 Å². The lowest BCUT2D eigenvalue weighted by Crippen LogP contribution is -2.49. The molecular weight excluding hydrogens is 250 g/mol. The molecule has 0 aliphatic carbocycles. The summed E-state index contributed by atoms with van der Waals surface area (Å²) in [6, 6.07) is 0. The number of rotatable bonds is 7. The van der Waals surface area contributed by atoms with Crippen molar-refractivity contribution in [2.24, 2.45) is 5.73 Å². The fourth-order valence-electron chi connectivity index (χ4n) is 2.41. The van der Waals surface area contributed by atoms with Crippen LogP contribution in [0.4, 0.5) is 0 Å². The van der Waals surface area contributed by atoms with E-state index in [9.17, 15) is 0 Å². The fourth-order valence-corrected chi connectivity index (χ4v) is 2.41. The standard InChI is InChI=1S/C16H29N3O/c1-7-8-19(16(4,5)11-17)10-14-13(3)15(20-6)12(2)9-18-14/h9H,7-8,10-11,17H2,1-6H3. The first-order valence-corrected chi connectivity index (χ1v) is 7.31. The van der Waals surface area contributed by atoms with Crippen LogP contribution in [0, 0.1) is 13.8 Å². The summed E-state index contributed by atoms with van der Waals surface area (Å²) < 4.78 is 5.49. The van der Waals surface area contributed by atoms with Crippen molar-refractivity contribution in [3.63, 3.8) is 0 Å². The molecule has 0 aliphatic heterocycles. The smallest absolute Gasteiger partial charge is 0.128 e. The Balaban J connectivity index is 3.06. The Bertz CT molecular complexity index is 444. The molecule has 4 nitrogen and oxygen atoms in total. The summed E-state index contributed by atoms with van der Waals surface area (Å²) in [6.45, 7) is 13.1. The highest BCUT2D eigenvalue weighted by molar-refractivity contribution is 5.41.